The number of allylic oxidation sites excluding steroid dienone is 6. The van der Waals surface area contributed by atoms with Crippen molar-refractivity contribution >= 4 is 6.29 Å². The number of hydrogen-bond acceptors (Lipinski definition) is 1. The zero-order chi connectivity index (χ0) is 12.6. The van der Waals surface area contributed by atoms with E-state index in [0.717, 1.165) is 31.1 Å². The van der Waals surface area contributed by atoms with Gasteiger partial charge >= 0.3 is 0 Å². The molecule has 0 radical (unpaired) electrons. The maximum atomic E-state index is 11.0. The topological polar surface area (TPSA) is 17.1 Å². The molecule has 0 unspecified atom stereocenters. The molecule has 0 N–H and O–H groups in total. The van der Waals surface area contributed by atoms with Crippen molar-refractivity contribution in [3.8, 4) is 0 Å². The summed E-state index contributed by atoms with van der Waals surface area (Å²) < 4.78 is 0. The van der Waals surface area contributed by atoms with Crippen molar-refractivity contribution in [3.63, 3.8) is 0 Å². The summed E-state index contributed by atoms with van der Waals surface area (Å²) in [4.78, 5) is 11.0. The fraction of sp³-hybridized carbons (Fsp3) is 0.533. The van der Waals surface area contributed by atoms with Crippen LogP contribution >= 0.6 is 0 Å². The zero-order valence-corrected chi connectivity index (χ0v) is 11.3. The second-order valence-electron chi connectivity index (χ2n) is 4.73. The molecule has 0 saturated heterocycles. The lowest BCUT2D eigenvalue weighted by atomic mass is 10.0. The minimum atomic E-state index is 0.770. The first kappa shape index (κ1) is 14.9. The van der Waals surface area contributed by atoms with Gasteiger partial charge in [-0.2, -0.15) is 0 Å². The standard InChI is InChI=1S/C15H24O/c1-12(2)7-6-8-14(5)15(11-16)10-9-13(3)4/h7,9,11H,6,8,10H2,1-5H3/b15-14+. The van der Waals surface area contributed by atoms with Crippen LogP contribution in [0.25, 0.3) is 0 Å². The van der Waals surface area contributed by atoms with E-state index >= 15 is 0 Å². The highest BCUT2D eigenvalue weighted by molar-refractivity contribution is 5.74. The Morgan fingerprint density at radius 3 is 1.94 bits per heavy atom. The Hall–Kier alpha value is -1.11. The number of carbonyl (C=O) groups is 1. The van der Waals surface area contributed by atoms with E-state index < -0.39 is 0 Å². The second-order valence-corrected chi connectivity index (χ2v) is 4.73. The van der Waals surface area contributed by atoms with Crippen molar-refractivity contribution in [2.45, 2.75) is 53.9 Å². The zero-order valence-electron chi connectivity index (χ0n) is 11.3. The molecule has 0 aromatic carbocycles. The number of hydrogen-bond donors (Lipinski definition) is 0. The molecule has 0 atom stereocenters. The summed E-state index contributed by atoms with van der Waals surface area (Å²) in [6.45, 7) is 10.4. The average molecular weight is 220 g/mol. The molecular formula is C15H24O. The summed E-state index contributed by atoms with van der Waals surface area (Å²) in [5, 5.41) is 0. The van der Waals surface area contributed by atoms with Crippen LogP contribution in [0.4, 0.5) is 0 Å². The summed E-state index contributed by atoms with van der Waals surface area (Å²) in [7, 11) is 0. The minimum Gasteiger partial charge on any atom is -0.298 e. The molecule has 0 aliphatic heterocycles. The maximum Gasteiger partial charge on any atom is 0.146 e. The van der Waals surface area contributed by atoms with Gasteiger partial charge in [0.05, 0.1) is 0 Å². The van der Waals surface area contributed by atoms with Crippen LogP contribution in [0.1, 0.15) is 53.9 Å². The van der Waals surface area contributed by atoms with Crippen LogP contribution in [0, 0.1) is 0 Å². The van der Waals surface area contributed by atoms with Gasteiger partial charge in [0.1, 0.15) is 6.29 Å². The molecule has 0 amide bonds. The Labute approximate surface area is 99.9 Å². The Bertz CT molecular complexity index is 308. The van der Waals surface area contributed by atoms with Gasteiger partial charge < -0.3 is 0 Å². The molecule has 0 aromatic rings. The third kappa shape index (κ3) is 7.22. The maximum absolute atomic E-state index is 11.0. The Balaban J connectivity index is 4.44. The van der Waals surface area contributed by atoms with Crippen LogP contribution in [-0.4, -0.2) is 6.29 Å². The van der Waals surface area contributed by atoms with Crippen LogP contribution in [0.2, 0.25) is 0 Å². The molecule has 0 bridgehead atoms. The smallest absolute Gasteiger partial charge is 0.146 e. The largest absolute Gasteiger partial charge is 0.298 e. The molecule has 0 aromatic heterocycles. The van der Waals surface area contributed by atoms with Gasteiger partial charge in [-0.05, 0) is 59.5 Å². The molecule has 0 saturated carbocycles. The lowest BCUT2D eigenvalue weighted by Crippen LogP contribution is -1.90. The van der Waals surface area contributed by atoms with E-state index in [2.05, 4.69) is 46.8 Å². The highest BCUT2D eigenvalue weighted by Gasteiger charge is 1.99. The molecule has 0 aliphatic carbocycles. The molecule has 16 heavy (non-hydrogen) atoms. The molecule has 0 fully saturated rings. The monoisotopic (exact) mass is 220 g/mol. The number of rotatable bonds is 6. The highest BCUT2D eigenvalue weighted by Crippen LogP contribution is 2.14. The van der Waals surface area contributed by atoms with Crippen molar-refractivity contribution in [2.24, 2.45) is 0 Å². The third-order valence-electron chi connectivity index (χ3n) is 2.49. The quantitative estimate of drug-likeness (QED) is 0.363. The van der Waals surface area contributed by atoms with Gasteiger partial charge in [0.2, 0.25) is 0 Å². The first-order valence-electron chi connectivity index (χ1n) is 5.88. The van der Waals surface area contributed by atoms with Crippen LogP contribution in [0.5, 0.6) is 0 Å². The predicted octanol–water partition coefficient (Wildman–Crippen LogP) is 4.60. The Morgan fingerprint density at radius 2 is 1.50 bits per heavy atom. The lowest BCUT2D eigenvalue weighted by Gasteiger charge is -2.04. The summed E-state index contributed by atoms with van der Waals surface area (Å²) >= 11 is 0. The van der Waals surface area contributed by atoms with E-state index in [9.17, 15) is 4.79 Å². The van der Waals surface area contributed by atoms with E-state index in [1.807, 2.05) is 0 Å². The number of carbonyl (C=O) groups excluding carboxylic acids is 1. The highest BCUT2D eigenvalue weighted by atomic mass is 16.1. The lowest BCUT2D eigenvalue weighted by molar-refractivity contribution is -0.105. The van der Waals surface area contributed by atoms with Crippen molar-refractivity contribution < 1.29 is 4.79 Å². The summed E-state index contributed by atoms with van der Waals surface area (Å²) in [6.07, 6.45) is 8.10. The number of aldehydes is 1. The van der Waals surface area contributed by atoms with Crippen molar-refractivity contribution in [3.05, 3.63) is 34.4 Å². The molecule has 90 valence electrons. The fourth-order valence-electron chi connectivity index (χ4n) is 1.37. The summed E-state index contributed by atoms with van der Waals surface area (Å²) in [5.41, 5.74) is 4.74. The molecule has 1 heteroatoms. The van der Waals surface area contributed by atoms with Crippen LogP contribution in [0.3, 0.4) is 0 Å². The van der Waals surface area contributed by atoms with Gasteiger partial charge in [-0.1, -0.05) is 28.9 Å². The molecular weight excluding hydrogens is 196 g/mol. The van der Waals surface area contributed by atoms with Gasteiger partial charge in [-0.15, -0.1) is 0 Å². The fourth-order valence-corrected chi connectivity index (χ4v) is 1.37. The third-order valence-corrected chi connectivity index (χ3v) is 2.49. The molecule has 0 aliphatic rings. The predicted molar refractivity (Wildman–Crippen MR) is 71.5 cm³/mol. The van der Waals surface area contributed by atoms with E-state index in [-0.39, 0.29) is 0 Å². The van der Waals surface area contributed by atoms with Crippen molar-refractivity contribution in [1.82, 2.24) is 0 Å². The normalized spacial score (nSPS) is 11.6. The van der Waals surface area contributed by atoms with Crippen LogP contribution < -0.4 is 0 Å². The van der Waals surface area contributed by atoms with E-state index in [4.69, 9.17) is 0 Å². The van der Waals surface area contributed by atoms with Gasteiger partial charge in [0.15, 0.2) is 0 Å². The first-order valence-corrected chi connectivity index (χ1v) is 5.88. The van der Waals surface area contributed by atoms with Crippen LogP contribution in [0.15, 0.2) is 34.4 Å². The van der Waals surface area contributed by atoms with Gasteiger partial charge in [-0.3, -0.25) is 4.79 Å². The molecule has 0 spiro atoms. The summed E-state index contributed by atoms with van der Waals surface area (Å²) in [5.74, 6) is 0. The SMILES string of the molecule is CC(C)=CCC/C(C)=C(/C=O)CC=C(C)C. The second kappa shape index (κ2) is 8.09. The van der Waals surface area contributed by atoms with Gasteiger partial charge in [-0.25, -0.2) is 0 Å². The molecule has 0 rings (SSSR count). The Morgan fingerprint density at radius 1 is 0.938 bits per heavy atom. The van der Waals surface area contributed by atoms with E-state index in [1.165, 1.54) is 16.7 Å². The van der Waals surface area contributed by atoms with Crippen molar-refractivity contribution in [1.29, 1.82) is 0 Å². The van der Waals surface area contributed by atoms with Crippen molar-refractivity contribution in [2.75, 3.05) is 0 Å². The average Bonchev–Trinajstić information content (AvgIpc) is 2.17. The summed E-state index contributed by atoms with van der Waals surface area (Å²) in [6, 6.07) is 0. The first-order chi connectivity index (χ1) is 7.47. The Kier molecular flexibility index (Phi) is 7.53. The van der Waals surface area contributed by atoms with Crippen LogP contribution in [-0.2, 0) is 4.79 Å². The van der Waals surface area contributed by atoms with E-state index in [0.29, 0.717) is 0 Å². The molecule has 1 nitrogen and oxygen atoms in total. The molecule has 0 heterocycles. The van der Waals surface area contributed by atoms with Gasteiger partial charge in [0.25, 0.3) is 0 Å². The van der Waals surface area contributed by atoms with E-state index in [1.54, 1.807) is 0 Å². The van der Waals surface area contributed by atoms with Gasteiger partial charge in [0, 0.05) is 0 Å². The minimum absolute atomic E-state index is 0.770.